The quantitative estimate of drug-likeness (QED) is 0.781. The molecule has 0 saturated carbocycles. The second-order valence-corrected chi connectivity index (χ2v) is 4.77. The van der Waals surface area contributed by atoms with E-state index in [1.54, 1.807) is 6.20 Å². The number of carbonyl (C=O) groups is 1. The average molecular weight is 283 g/mol. The van der Waals surface area contributed by atoms with Crippen LogP contribution in [0.2, 0.25) is 0 Å². The number of nitrogens with zero attached hydrogens (tertiary/aromatic N) is 2. The molecule has 1 aliphatic heterocycles. The van der Waals surface area contributed by atoms with Crippen molar-refractivity contribution in [2.75, 3.05) is 11.9 Å². The number of hydrogen-bond donors (Lipinski definition) is 0. The van der Waals surface area contributed by atoms with E-state index in [9.17, 15) is 4.79 Å². The SMILES string of the molecule is Cc1cccnc1C(=O)N1CCCC1CBr. The van der Waals surface area contributed by atoms with Gasteiger partial charge in [-0.3, -0.25) is 9.78 Å². The van der Waals surface area contributed by atoms with E-state index in [-0.39, 0.29) is 5.91 Å². The molecular weight excluding hydrogens is 268 g/mol. The summed E-state index contributed by atoms with van der Waals surface area (Å²) in [4.78, 5) is 18.4. The molecule has 0 bridgehead atoms. The molecule has 0 aromatic carbocycles. The number of hydrogen-bond acceptors (Lipinski definition) is 2. The Hall–Kier alpha value is -0.900. The predicted octanol–water partition coefficient (Wildman–Crippen LogP) is 2.39. The van der Waals surface area contributed by atoms with E-state index in [1.807, 2.05) is 24.0 Å². The van der Waals surface area contributed by atoms with E-state index in [0.717, 1.165) is 30.3 Å². The van der Waals surface area contributed by atoms with Crippen molar-refractivity contribution in [2.45, 2.75) is 25.8 Å². The maximum Gasteiger partial charge on any atom is 0.272 e. The van der Waals surface area contributed by atoms with Gasteiger partial charge in [0.2, 0.25) is 0 Å². The molecule has 4 heteroatoms. The van der Waals surface area contributed by atoms with Crippen molar-refractivity contribution in [1.82, 2.24) is 9.88 Å². The van der Waals surface area contributed by atoms with E-state index in [1.165, 1.54) is 0 Å². The predicted molar refractivity (Wildman–Crippen MR) is 66.8 cm³/mol. The van der Waals surface area contributed by atoms with E-state index in [2.05, 4.69) is 20.9 Å². The first-order chi connectivity index (χ1) is 7.74. The minimum Gasteiger partial charge on any atom is -0.333 e. The zero-order valence-electron chi connectivity index (χ0n) is 9.32. The molecule has 1 fully saturated rings. The molecule has 0 spiro atoms. The normalized spacial score (nSPS) is 20.1. The number of carbonyl (C=O) groups excluding carboxylic acids is 1. The molecule has 1 aromatic heterocycles. The molecule has 3 nitrogen and oxygen atoms in total. The van der Waals surface area contributed by atoms with Gasteiger partial charge in [-0.1, -0.05) is 22.0 Å². The monoisotopic (exact) mass is 282 g/mol. The highest BCUT2D eigenvalue weighted by atomic mass is 79.9. The maximum absolute atomic E-state index is 12.3. The summed E-state index contributed by atoms with van der Waals surface area (Å²) in [6.07, 6.45) is 3.86. The molecular formula is C12H15BrN2O. The summed E-state index contributed by atoms with van der Waals surface area (Å²) in [5.41, 5.74) is 1.54. The van der Waals surface area contributed by atoms with Crippen molar-refractivity contribution in [3.05, 3.63) is 29.6 Å². The third-order valence-electron chi connectivity index (χ3n) is 3.03. The highest BCUT2D eigenvalue weighted by Crippen LogP contribution is 2.21. The van der Waals surface area contributed by atoms with Crippen LogP contribution in [0.5, 0.6) is 0 Å². The van der Waals surface area contributed by atoms with Gasteiger partial charge in [0.1, 0.15) is 5.69 Å². The fraction of sp³-hybridized carbons (Fsp3) is 0.500. The molecule has 1 aliphatic rings. The van der Waals surface area contributed by atoms with Crippen LogP contribution in [0.15, 0.2) is 18.3 Å². The summed E-state index contributed by atoms with van der Waals surface area (Å²) >= 11 is 3.46. The lowest BCUT2D eigenvalue weighted by Gasteiger charge is -2.23. The number of likely N-dealkylation sites (tertiary alicyclic amines) is 1. The van der Waals surface area contributed by atoms with Gasteiger partial charge in [-0.15, -0.1) is 0 Å². The summed E-state index contributed by atoms with van der Waals surface area (Å²) in [6, 6.07) is 4.12. The Morgan fingerprint density at radius 1 is 1.69 bits per heavy atom. The van der Waals surface area contributed by atoms with Gasteiger partial charge < -0.3 is 4.90 Å². The Kier molecular flexibility index (Phi) is 3.59. The van der Waals surface area contributed by atoms with E-state index < -0.39 is 0 Å². The summed E-state index contributed by atoms with van der Waals surface area (Å²) < 4.78 is 0. The van der Waals surface area contributed by atoms with Crippen LogP contribution in [-0.2, 0) is 0 Å². The van der Waals surface area contributed by atoms with Crippen molar-refractivity contribution in [3.63, 3.8) is 0 Å². The van der Waals surface area contributed by atoms with Gasteiger partial charge in [0, 0.05) is 24.1 Å². The topological polar surface area (TPSA) is 33.2 Å². The van der Waals surface area contributed by atoms with Crippen molar-refractivity contribution in [3.8, 4) is 0 Å². The molecule has 2 rings (SSSR count). The molecule has 0 radical (unpaired) electrons. The fourth-order valence-electron chi connectivity index (χ4n) is 2.11. The molecule has 1 amide bonds. The molecule has 0 N–H and O–H groups in total. The van der Waals surface area contributed by atoms with Crippen LogP contribution < -0.4 is 0 Å². The first kappa shape index (κ1) is 11.6. The third-order valence-corrected chi connectivity index (χ3v) is 3.78. The highest BCUT2D eigenvalue weighted by molar-refractivity contribution is 9.09. The molecule has 1 unspecified atom stereocenters. The lowest BCUT2D eigenvalue weighted by molar-refractivity contribution is 0.0744. The second-order valence-electron chi connectivity index (χ2n) is 4.12. The van der Waals surface area contributed by atoms with Gasteiger partial charge in [-0.25, -0.2) is 0 Å². The van der Waals surface area contributed by atoms with Crippen LogP contribution in [0.4, 0.5) is 0 Å². The zero-order chi connectivity index (χ0) is 11.5. The smallest absolute Gasteiger partial charge is 0.272 e. The van der Waals surface area contributed by atoms with Crippen LogP contribution in [0.25, 0.3) is 0 Å². The van der Waals surface area contributed by atoms with E-state index >= 15 is 0 Å². The minimum absolute atomic E-state index is 0.0695. The molecule has 1 saturated heterocycles. The standard InChI is InChI=1S/C12H15BrN2O/c1-9-4-2-6-14-11(9)12(16)15-7-3-5-10(15)8-13/h2,4,6,10H,3,5,7-8H2,1H3. The Balaban J connectivity index is 2.22. The Morgan fingerprint density at radius 2 is 2.50 bits per heavy atom. The molecule has 1 atom stereocenters. The minimum atomic E-state index is 0.0695. The van der Waals surface area contributed by atoms with Crippen LogP contribution >= 0.6 is 15.9 Å². The summed E-state index contributed by atoms with van der Waals surface area (Å²) in [7, 11) is 0. The third kappa shape index (κ3) is 2.12. The molecule has 86 valence electrons. The lowest BCUT2D eigenvalue weighted by Crippen LogP contribution is -2.37. The number of amides is 1. The molecule has 16 heavy (non-hydrogen) atoms. The number of aryl methyl sites for hydroxylation is 1. The van der Waals surface area contributed by atoms with Crippen LogP contribution in [-0.4, -0.2) is 33.7 Å². The van der Waals surface area contributed by atoms with Crippen molar-refractivity contribution in [1.29, 1.82) is 0 Å². The Bertz CT molecular complexity index is 394. The fourth-order valence-corrected chi connectivity index (χ4v) is 2.78. The number of alkyl halides is 1. The van der Waals surface area contributed by atoms with Crippen molar-refractivity contribution >= 4 is 21.8 Å². The Morgan fingerprint density at radius 3 is 3.19 bits per heavy atom. The first-order valence-corrected chi connectivity index (χ1v) is 6.64. The summed E-state index contributed by atoms with van der Waals surface area (Å²) in [5, 5.41) is 0.852. The van der Waals surface area contributed by atoms with Gasteiger partial charge in [0.15, 0.2) is 0 Å². The van der Waals surface area contributed by atoms with Gasteiger partial charge in [-0.05, 0) is 31.4 Å². The number of rotatable bonds is 2. The van der Waals surface area contributed by atoms with E-state index in [4.69, 9.17) is 0 Å². The van der Waals surface area contributed by atoms with Crippen molar-refractivity contribution in [2.24, 2.45) is 0 Å². The first-order valence-electron chi connectivity index (χ1n) is 5.52. The van der Waals surface area contributed by atoms with Gasteiger partial charge in [0.05, 0.1) is 0 Å². The number of pyridine rings is 1. The maximum atomic E-state index is 12.3. The highest BCUT2D eigenvalue weighted by Gasteiger charge is 2.29. The van der Waals surface area contributed by atoms with Gasteiger partial charge in [-0.2, -0.15) is 0 Å². The van der Waals surface area contributed by atoms with Crippen molar-refractivity contribution < 1.29 is 4.79 Å². The Labute approximate surface area is 104 Å². The number of halogens is 1. The second kappa shape index (κ2) is 4.95. The van der Waals surface area contributed by atoms with Crippen LogP contribution in [0, 0.1) is 6.92 Å². The summed E-state index contributed by atoms with van der Waals surface area (Å²) in [5.74, 6) is 0.0695. The van der Waals surface area contributed by atoms with E-state index in [0.29, 0.717) is 11.7 Å². The molecule has 0 aliphatic carbocycles. The zero-order valence-corrected chi connectivity index (χ0v) is 10.9. The molecule has 2 heterocycles. The largest absolute Gasteiger partial charge is 0.333 e. The van der Waals surface area contributed by atoms with Gasteiger partial charge >= 0.3 is 0 Å². The average Bonchev–Trinajstić information content (AvgIpc) is 2.77. The van der Waals surface area contributed by atoms with Crippen LogP contribution in [0.3, 0.4) is 0 Å². The molecule has 1 aromatic rings. The lowest BCUT2D eigenvalue weighted by atomic mass is 10.2. The summed E-state index contributed by atoms with van der Waals surface area (Å²) in [6.45, 7) is 2.78. The van der Waals surface area contributed by atoms with Crippen LogP contribution in [0.1, 0.15) is 28.9 Å². The number of aromatic nitrogens is 1. The van der Waals surface area contributed by atoms with Gasteiger partial charge in [0.25, 0.3) is 5.91 Å².